The van der Waals surface area contributed by atoms with Crippen molar-refractivity contribution < 1.29 is 13.2 Å². The van der Waals surface area contributed by atoms with E-state index < -0.39 is 10.0 Å². The highest BCUT2D eigenvalue weighted by molar-refractivity contribution is 7.89. The number of hydrogen-bond donors (Lipinski definition) is 1. The van der Waals surface area contributed by atoms with E-state index in [0.29, 0.717) is 18.2 Å². The van der Waals surface area contributed by atoms with Crippen molar-refractivity contribution in [2.24, 2.45) is 5.92 Å². The van der Waals surface area contributed by atoms with Crippen molar-refractivity contribution in [1.29, 1.82) is 0 Å². The van der Waals surface area contributed by atoms with Gasteiger partial charge in [0.2, 0.25) is 10.0 Å². The highest BCUT2D eigenvalue weighted by Crippen LogP contribution is 2.21. The van der Waals surface area contributed by atoms with E-state index in [-0.39, 0.29) is 4.90 Å². The Morgan fingerprint density at radius 3 is 2.76 bits per heavy atom. The average molecular weight is 381 g/mol. The van der Waals surface area contributed by atoms with Crippen LogP contribution in [0.4, 0.5) is 0 Å². The van der Waals surface area contributed by atoms with E-state index >= 15 is 0 Å². The summed E-state index contributed by atoms with van der Waals surface area (Å²) in [4.78, 5) is 2.69. The van der Waals surface area contributed by atoms with E-state index in [0.717, 1.165) is 32.5 Å². The molecule has 1 saturated heterocycles. The van der Waals surface area contributed by atoms with Crippen LogP contribution < -0.4 is 9.46 Å². The van der Waals surface area contributed by atoms with Crippen LogP contribution in [0.5, 0.6) is 5.75 Å². The van der Waals surface area contributed by atoms with Crippen molar-refractivity contribution >= 4 is 21.4 Å². The summed E-state index contributed by atoms with van der Waals surface area (Å²) in [5, 5.41) is 4.30. The molecule has 2 aromatic rings. The number of benzene rings is 1. The molecule has 0 unspecified atom stereocenters. The maximum Gasteiger partial charge on any atom is 0.240 e. The summed E-state index contributed by atoms with van der Waals surface area (Å²) in [6, 6.07) is 8.73. The summed E-state index contributed by atoms with van der Waals surface area (Å²) in [7, 11) is -1.96. The summed E-state index contributed by atoms with van der Waals surface area (Å²) >= 11 is 1.73. The lowest BCUT2D eigenvalue weighted by Crippen LogP contribution is -2.38. The van der Waals surface area contributed by atoms with E-state index in [9.17, 15) is 8.42 Å². The molecule has 1 aromatic carbocycles. The van der Waals surface area contributed by atoms with Gasteiger partial charge in [-0.3, -0.25) is 4.90 Å². The molecule has 1 N–H and O–H groups in total. The van der Waals surface area contributed by atoms with Gasteiger partial charge in [-0.15, -0.1) is 0 Å². The molecular weight excluding hydrogens is 356 g/mol. The monoisotopic (exact) mass is 380 g/mol. The molecule has 0 spiro atoms. The molecule has 1 fully saturated rings. The first-order chi connectivity index (χ1) is 12.1. The smallest absolute Gasteiger partial charge is 0.240 e. The molecule has 0 atom stereocenters. The van der Waals surface area contributed by atoms with Crippen molar-refractivity contribution in [2.45, 2.75) is 24.3 Å². The first-order valence-corrected chi connectivity index (χ1v) is 10.9. The second-order valence-corrected chi connectivity index (χ2v) is 8.93. The number of methoxy groups -OCH3 is 1. The normalized spacial score (nSPS) is 16.8. The van der Waals surface area contributed by atoms with Crippen LogP contribution in [0.25, 0.3) is 0 Å². The number of hydrogen-bond acceptors (Lipinski definition) is 5. The molecule has 0 saturated carbocycles. The zero-order valence-corrected chi connectivity index (χ0v) is 16.0. The number of ether oxygens (including phenoxy) is 1. The number of nitrogens with one attached hydrogen (secondary N) is 1. The van der Waals surface area contributed by atoms with Crippen molar-refractivity contribution in [3.05, 3.63) is 46.7 Å². The zero-order chi connectivity index (χ0) is 17.7. The summed E-state index contributed by atoms with van der Waals surface area (Å²) in [6.07, 6.45) is 2.04. The average Bonchev–Trinajstić information content (AvgIpc) is 3.14. The maximum atomic E-state index is 12.4. The fourth-order valence-electron chi connectivity index (χ4n) is 3.07. The minimum absolute atomic E-state index is 0.252. The Hall–Kier alpha value is -1.41. The minimum Gasteiger partial charge on any atom is -0.497 e. The largest absolute Gasteiger partial charge is 0.497 e. The molecule has 0 aliphatic carbocycles. The Morgan fingerprint density at radius 2 is 2.08 bits per heavy atom. The lowest BCUT2D eigenvalue weighted by Gasteiger charge is -2.31. The third-order valence-electron chi connectivity index (χ3n) is 4.61. The number of sulfonamides is 1. The number of piperidine rings is 1. The molecule has 1 aliphatic rings. The van der Waals surface area contributed by atoms with Crippen LogP contribution in [0.15, 0.2) is 46.0 Å². The first kappa shape index (κ1) is 18.4. The van der Waals surface area contributed by atoms with Crippen LogP contribution in [-0.4, -0.2) is 40.1 Å². The van der Waals surface area contributed by atoms with Gasteiger partial charge in [0.1, 0.15) is 5.75 Å². The maximum absolute atomic E-state index is 12.4. The Balaban J connectivity index is 1.49. The van der Waals surface area contributed by atoms with Crippen molar-refractivity contribution in [3.8, 4) is 5.75 Å². The van der Waals surface area contributed by atoms with Gasteiger partial charge in [0.05, 0.1) is 12.0 Å². The van der Waals surface area contributed by atoms with Crippen LogP contribution in [0, 0.1) is 5.92 Å². The van der Waals surface area contributed by atoms with Crippen LogP contribution in [-0.2, 0) is 16.6 Å². The topological polar surface area (TPSA) is 58.6 Å². The van der Waals surface area contributed by atoms with Crippen LogP contribution in [0.1, 0.15) is 18.4 Å². The Morgan fingerprint density at radius 1 is 1.28 bits per heavy atom. The lowest BCUT2D eigenvalue weighted by atomic mass is 9.97. The molecule has 1 aliphatic heterocycles. The van der Waals surface area contributed by atoms with Crippen LogP contribution in [0.3, 0.4) is 0 Å². The molecule has 0 bridgehead atoms. The standard InChI is InChI=1S/C18H24N2O3S2/c1-23-17-3-2-4-18(11-17)25(21,22)19-12-15-5-8-20(9-6-15)13-16-7-10-24-14-16/h2-4,7,10-11,14-15,19H,5-6,8-9,12-13H2,1H3. The molecule has 2 heterocycles. The van der Waals surface area contributed by atoms with Crippen LogP contribution >= 0.6 is 11.3 Å². The Labute approximate surface area is 153 Å². The third-order valence-corrected chi connectivity index (χ3v) is 6.76. The van der Waals surface area contributed by atoms with E-state index in [1.54, 1.807) is 35.6 Å². The molecule has 1 aromatic heterocycles. The predicted molar refractivity (Wildman–Crippen MR) is 101 cm³/mol. The quantitative estimate of drug-likeness (QED) is 0.802. The number of nitrogens with zero attached hydrogens (tertiary/aromatic N) is 1. The van der Waals surface area contributed by atoms with Gasteiger partial charge in [-0.05, 0) is 66.4 Å². The molecule has 0 amide bonds. The van der Waals surface area contributed by atoms with E-state index in [4.69, 9.17) is 4.74 Å². The second kappa shape index (κ2) is 8.31. The summed E-state index contributed by atoms with van der Waals surface area (Å²) in [5.41, 5.74) is 1.36. The van der Waals surface area contributed by atoms with E-state index in [1.165, 1.54) is 12.7 Å². The summed E-state index contributed by atoms with van der Waals surface area (Å²) < 4.78 is 32.7. The van der Waals surface area contributed by atoms with E-state index in [1.807, 2.05) is 0 Å². The summed E-state index contributed by atoms with van der Waals surface area (Å²) in [5.74, 6) is 0.934. The minimum atomic E-state index is -3.49. The van der Waals surface area contributed by atoms with Crippen molar-refractivity contribution in [3.63, 3.8) is 0 Å². The molecule has 25 heavy (non-hydrogen) atoms. The van der Waals surface area contributed by atoms with Gasteiger partial charge < -0.3 is 4.74 Å². The van der Waals surface area contributed by atoms with Crippen molar-refractivity contribution in [1.82, 2.24) is 9.62 Å². The Bertz CT molecular complexity index is 767. The number of thiophene rings is 1. The molecule has 3 rings (SSSR count). The van der Waals surface area contributed by atoms with Gasteiger partial charge in [-0.2, -0.15) is 11.3 Å². The predicted octanol–water partition coefficient (Wildman–Crippen LogP) is 2.95. The second-order valence-electron chi connectivity index (χ2n) is 6.38. The SMILES string of the molecule is COc1cccc(S(=O)(=O)NCC2CCN(Cc3ccsc3)CC2)c1. The highest BCUT2D eigenvalue weighted by atomic mass is 32.2. The van der Waals surface area contributed by atoms with E-state index in [2.05, 4.69) is 26.4 Å². The fourth-order valence-corrected chi connectivity index (χ4v) is 4.88. The molecule has 136 valence electrons. The van der Waals surface area contributed by atoms with Gasteiger partial charge >= 0.3 is 0 Å². The molecule has 5 nitrogen and oxygen atoms in total. The molecule has 0 radical (unpaired) electrons. The zero-order valence-electron chi connectivity index (χ0n) is 14.3. The number of likely N-dealkylation sites (tertiary alicyclic amines) is 1. The molecule has 7 heteroatoms. The first-order valence-electron chi connectivity index (χ1n) is 8.44. The Kier molecular flexibility index (Phi) is 6.11. The van der Waals surface area contributed by atoms with Gasteiger partial charge in [0, 0.05) is 19.2 Å². The van der Waals surface area contributed by atoms with Crippen LogP contribution in [0.2, 0.25) is 0 Å². The van der Waals surface area contributed by atoms with Gasteiger partial charge in [0.25, 0.3) is 0 Å². The molecular formula is C18H24N2O3S2. The van der Waals surface area contributed by atoms with Crippen molar-refractivity contribution in [2.75, 3.05) is 26.7 Å². The van der Waals surface area contributed by atoms with Gasteiger partial charge in [0.15, 0.2) is 0 Å². The number of rotatable bonds is 7. The fraction of sp³-hybridized carbons (Fsp3) is 0.444. The summed E-state index contributed by atoms with van der Waals surface area (Å²) in [6.45, 7) is 3.51. The third kappa shape index (κ3) is 5.04. The van der Waals surface area contributed by atoms with Gasteiger partial charge in [-0.1, -0.05) is 6.07 Å². The highest BCUT2D eigenvalue weighted by Gasteiger charge is 2.22. The van der Waals surface area contributed by atoms with Gasteiger partial charge in [-0.25, -0.2) is 13.1 Å². The lowest BCUT2D eigenvalue weighted by molar-refractivity contribution is 0.179.